The monoisotopic (exact) mass is 265 g/mol. The molecular formula is C15H23NOS. The lowest BCUT2D eigenvalue weighted by atomic mass is 10.1. The second-order valence-electron chi connectivity index (χ2n) is 5.07. The Morgan fingerprint density at radius 2 is 2.28 bits per heavy atom. The largest absolute Gasteiger partial charge is 0.491 e. The van der Waals surface area contributed by atoms with Crippen LogP contribution in [0.5, 0.6) is 5.75 Å². The third-order valence-corrected chi connectivity index (χ3v) is 4.51. The molecule has 1 aliphatic heterocycles. The maximum atomic E-state index is 5.83. The van der Waals surface area contributed by atoms with Crippen molar-refractivity contribution < 1.29 is 4.74 Å². The zero-order valence-corrected chi connectivity index (χ0v) is 12.3. The van der Waals surface area contributed by atoms with Crippen LogP contribution in [0.1, 0.15) is 32.3 Å². The van der Waals surface area contributed by atoms with E-state index in [2.05, 4.69) is 44.3 Å². The molecule has 18 heavy (non-hydrogen) atoms. The van der Waals surface area contributed by atoms with Crippen LogP contribution < -0.4 is 10.1 Å². The van der Waals surface area contributed by atoms with Gasteiger partial charge in [-0.1, -0.05) is 19.9 Å². The Labute approximate surface area is 114 Å². The highest BCUT2D eigenvalue weighted by atomic mass is 32.2. The average Bonchev–Trinajstić information content (AvgIpc) is 2.75. The molecule has 1 aromatic carbocycles. The van der Waals surface area contributed by atoms with Crippen molar-refractivity contribution in [3.8, 4) is 5.75 Å². The first-order chi connectivity index (χ1) is 8.69. The molecule has 0 spiro atoms. The van der Waals surface area contributed by atoms with Gasteiger partial charge in [-0.05, 0) is 37.5 Å². The van der Waals surface area contributed by atoms with Crippen LogP contribution >= 0.6 is 11.8 Å². The Morgan fingerprint density at radius 3 is 2.94 bits per heavy atom. The van der Waals surface area contributed by atoms with Crippen molar-refractivity contribution in [2.75, 3.05) is 17.7 Å². The van der Waals surface area contributed by atoms with Crippen molar-refractivity contribution in [2.45, 2.75) is 44.9 Å². The molecule has 2 rings (SSSR count). The molecule has 0 bridgehead atoms. The molecule has 0 aliphatic carbocycles. The van der Waals surface area contributed by atoms with Crippen molar-refractivity contribution in [1.82, 2.24) is 0 Å². The molecule has 2 atom stereocenters. The molecule has 0 aromatic heterocycles. The zero-order chi connectivity index (χ0) is 13.0. The Hall–Kier alpha value is -0.830. The normalized spacial score (nSPS) is 23.1. The molecule has 1 fully saturated rings. The summed E-state index contributed by atoms with van der Waals surface area (Å²) in [6.07, 6.45) is 2.29. The van der Waals surface area contributed by atoms with Gasteiger partial charge in [0.1, 0.15) is 5.75 Å². The molecule has 1 saturated heterocycles. The van der Waals surface area contributed by atoms with Crippen LogP contribution in [0.2, 0.25) is 0 Å². The summed E-state index contributed by atoms with van der Waals surface area (Å²) in [7, 11) is 0. The SMILES string of the molecule is CCCOc1cc(C)ccc1NC1CSC(C)C1. The van der Waals surface area contributed by atoms with Gasteiger partial charge in [-0.3, -0.25) is 0 Å². The molecule has 0 saturated carbocycles. The van der Waals surface area contributed by atoms with Gasteiger partial charge >= 0.3 is 0 Å². The smallest absolute Gasteiger partial charge is 0.142 e. The minimum absolute atomic E-state index is 0.580. The fourth-order valence-corrected chi connectivity index (χ4v) is 3.37. The van der Waals surface area contributed by atoms with E-state index in [0.29, 0.717) is 6.04 Å². The third kappa shape index (κ3) is 3.58. The van der Waals surface area contributed by atoms with Crippen molar-refractivity contribution >= 4 is 17.4 Å². The third-order valence-electron chi connectivity index (χ3n) is 3.16. The van der Waals surface area contributed by atoms with E-state index in [1.807, 2.05) is 11.8 Å². The number of hydrogen-bond acceptors (Lipinski definition) is 3. The van der Waals surface area contributed by atoms with E-state index >= 15 is 0 Å². The number of benzene rings is 1. The topological polar surface area (TPSA) is 21.3 Å². The second kappa shape index (κ2) is 6.37. The summed E-state index contributed by atoms with van der Waals surface area (Å²) >= 11 is 2.05. The Balaban J connectivity index is 2.06. The van der Waals surface area contributed by atoms with E-state index in [0.717, 1.165) is 29.7 Å². The minimum Gasteiger partial charge on any atom is -0.491 e. The molecule has 100 valence electrons. The van der Waals surface area contributed by atoms with E-state index in [9.17, 15) is 0 Å². The Morgan fingerprint density at radius 1 is 1.44 bits per heavy atom. The summed E-state index contributed by atoms with van der Waals surface area (Å²) in [5, 5.41) is 4.40. The van der Waals surface area contributed by atoms with Gasteiger partial charge in [-0.15, -0.1) is 0 Å². The summed E-state index contributed by atoms with van der Waals surface area (Å²) in [6, 6.07) is 7.00. The van der Waals surface area contributed by atoms with Crippen LogP contribution in [0.4, 0.5) is 5.69 Å². The molecule has 2 unspecified atom stereocenters. The van der Waals surface area contributed by atoms with Crippen LogP contribution in [-0.2, 0) is 0 Å². The molecule has 0 amide bonds. The molecule has 1 aromatic rings. The maximum Gasteiger partial charge on any atom is 0.142 e. The van der Waals surface area contributed by atoms with E-state index < -0.39 is 0 Å². The van der Waals surface area contributed by atoms with Gasteiger partial charge in [0.25, 0.3) is 0 Å². The molecule has 0 radical (unpaired) electrons. The standard InChI is InChI=1S/C15H23NOS/c1-4-7-17-15-8-11(2)5-6-14(15)16-13-9-12(3)18-10-13/h5-6,8,12-13,16H,4,7,9-10H2,1-3H3. The number of hydrogen-bond donors (Lipinski definition) is 1. The first-order valence-electron chi connectivity index (χ1n) is 6.80. The molecule has 1 aliphatic rings. The van der Waals surface area contributed by atoms with Crippen LogP contribution in [0.15, 0.2) is 18.2 Å². The highest BCUT2D eigenvalue weighted by Gasteiger charge is 2.22. The number of rotatable bonds is 5. The number of thioether (sulfide) groups is 1. The van der Waals surface area contributed by atoms with Gasteiger partial charge in [0.15, 0.2) is 0 Å². The summed E-state index contributed by atoms with van der Waals surface area (Å²) in [4.78, 5) is 0. The van der Waals surface area contributed by atoms with Crippen LogP contribution in [0.25, 0.3) is 0 Å². The van der Waals surface area contributed by atoms with Gasteiger partial charge in [0.2, 0.25) is 0 Å². The van der Waals surface area contributed by atoms with Gasteiger partial charge < -0.3 is 10.1 Å². The number of nitrogens with one attached hydrogen (secondary N) is 1. The van der Waals surface area contributed by atoms with E-state index in [1.54, 1.807) is 0 Å². The summed E-state index contributed by atoms with van der Waals surface area (Å²) in [5.74, 6) is 2.20. The molecular weight excluding hydrogens is 242 g/mol. The molecule has 2 nitrogen and oxygen atoms in total. The fraction of sp³-hybridized carbons (Fsp3) is 0.600. The molecule has 1 heterocycles. The highest BCUT2D eigenvalue weighted by Crippen LogP contribution is 2.32. The van der Waals surface area contributed by atoms with Crippen LogP contribution in [0.3, 0.4) is 0 Å². The van der Waals surface area contributed by atoms with E-state index in [1.165, 1.54) is 17.7 Å². The molecule has 1 N–H and O–H groups in total. The number of aryl methyl sites for hydroxylation is 1. The Kier molecular flexibility index (Phi) is 4.81. The van der Waals surface area contributed by atoms with E-state index in [4.69, 9.17) is 4.74 Å². The highest BCUT2D eigenvalue weighted by molar-refractivity contribution is 8.00. The summed E-state index contributed by atoms with van der Waals surface area (Å²) in [6.45, 7) is 7.33. The summed E-state index contributed by atoms with van der Waals surface area (Å²) in [5.41, 5.74) is 2.40. The van der Waals surface area contributed by atoms with Crippen molar-refractivity contribution in [2.24, 2.45) is 0 Å². The Bertz CT molecular complexity index is 394. The van der Waals surface area contributed by atoms with Crippen molar-refractivity contribution in [3.05, 3.63) is 23.8 Å². The van der Waals surface area contributed by atoms with Gasteiger partial charge in [0, 0.05) is 17.0 Å². The van der Waals surface area contributed by atoms with Gasteiger partial charge in [0.05, 0.1) is 12.3 Å². The van der Waals surface area contributed by atoms with Crippen molar-refractivity contribution in [1.29, 1.82) is 0 Å². The minimum atomic E-state index is 0.580. The van der Waals surface area contributed by atoms with Crippen LogP contribution in [-0.4, -0.2) is 23.7 Å². The van der Waals surface area contributed by atoms with Crippen molar-refractivity contribution in [3.63, 3.8) is 0 Å². The summed E-state index contributed by atoms with van der Waals surface area (Å²) < 4.78 is 5.83. The van der Waals surface area contributed by atoms with E-state index in [-0.39, 0.29) is 0 Å². The second-order valence-corrected chi connectivity index (χ2v) is 6.54. The predicted molar refractivity (Wildman–Crippen MR) is 80.9 cm³/mol. The first kappa shape index (κ1) is 13.6. The number of anilines is 1. The maximum absolute atomic E-state index is 5.83. The van der Waals surface area contributed by atoms with Crippen LogP contribution in [0, 0.1) is 6.92 Å². The zero-order valence-electron chi connectivity index (χ0n) is 11.5. The lowest BCUT2D eigenvalue weighted by Crippen LogP contribution is -2.19. The lowest BCUT2D eigenvalue weighted by molar-refractivity contribution is 0.318. The molecule has 3 heteroatoms. The van der Waals surface area contributed by atoms with Gasteiger partial charge in [-0.25, -0.2) is 0 Å². The number of ether oxygens (including phenoxy) is 1. The first-order valence-corrected chi connectivity index (χ1v) is 7.85. The lowest BCUT2D eigenvalue weighted by Gasteiger charge is -2.17. The fourth-order valence-electron chi connectivity index (χ4n) is 2.22. The predicted octanol–water partition coefficient (Wildman–Crippen LogP) is 4.09. The van der Waals surface area contributed by atoms with Gasteiger partial charge in [-0.2, -0.15) is 11.8 Å². The quantitative estimate of drug-likeness (QED) is 0.866. The average molecular weight is 265 g/mol.